The van der Waals surface area contributed by atoms with Gasteiger partial charge in [0.05, 0.1) is 11.3 Å². The van der Waals surface area contributed by atoms with Gasteiger partial charge in [0, 0.05) is 5.39 Å². The zero-order chi connectivity index (χ0) is 21.9. The molecular formula is C24H20N2O5. The number of phenolic OH excluding ortho intramolecular Hbond substituents is 1. The molecular weight excluding hydrogens is 396 g/mol. The summed E-state index contributed by atoms with van der Waals surface area (Å²) >= 11 is 0. The molecule has 2 saturated heterocycles. The van der Waals surface area contributed by atoms with Crippen molar-refractivity contribution in [2.75, 3.05) is 4.90 Å². The first kappa shape index (κ1) is 19.3. The van der Waals surface area contributed by atoms with E-state index in [1.165, 1.54) is 18.3 Å². The van der Waals surface area contributed by atoms with E-state index in [9.17, 15) is 24.6 Å². The summed E-state index contributed by atoms with van der Waals surface area (Å²) in [4.78, 5) is 40.5. The first-order chi connectivity index (χ1) is 14.8. The number of nitrogens with two attached hydrogens (primary N) is 1. The summed E-state index contributed by atoms with van der Waals surface area (Å²) in [5.74, 6) is -4.56. The summed E-state index contributed by atoms with van der Waals surface area (Å²) in [6.07, 6.45) is 0. The lowest BCUT2D eigenvalue weighted by Gasteiger charge is -2.29. The van der Waals surface area contributed by atoms with Gasteiger partial charge in [0.2, 0.25) is 11.8 Å². The molecule has 5 rings (SSSR count). The van der Waals surface area contributed by atoms with Crippen molar-refractivity contribution in [1.82, 2.24) is 0 Å². The highest BCUT2D eigenvalue weighted by Gasteiger charge is 2.68. The van der Waals surface area contributed by atoms with Gasteiger partial charge in [0.1, 0.15) is 35.1 Å². The van der Waals surface area contributed by atoms with Crippen LogP contribution >= 0.6 is 0 Å². The van der Waals surface area contributed by atoms with Crippen molar-refractivity contribution in [2.24, 2.45) is 11.8 Å². The number of fused-ring (bicyclic) bond motifs is 2. The van der Waals surface area contributed by atoms with E-state index in [0.29, 0.717) is 11.3 Å². The summed E-state index contributed by atoms with van der Waals surface area (Å²) in [6, 6.07) is 18.5. The Balaban J connectivity index is 1.68. The third-order valence-corrected chi connectivity index (χ3v) is 6.65. The Labute approximate surface area is 177 Å². The number of phenols is 1. The molecule has 31 heavy (non-hydrogen) atoms. The molecule has 2 aliphatic rings. The molecule has 0 spiro atoms. The fourth-order valence-corrected chi connectivity index (χ4v) is 5.15. The van der Waals surface area contributed by atoms with E-state index in [1.54, 1.807) is 30.3 Å². The zero-order valence-corrected chi connectivity index (χ0v) is 16.7. The average Bonchev–Trinajstić information content (AvgIpc) is 3.22. The van der Waals surface area contributed by atoms with Gasteiger partial charge in [-0.05, 0) is 30.5 Å². The summed E-state index contributed by atoms with van der Waals surface area (Å²) in [6.45, 7) is 1.41. The molecule has 0 saturated carbocycles. The third kappa shape index (κ3) is 2.60. The Kier molecular flexibility index (Phi) is 4.13. The van der Waals surface area contributed by atoms with Gasteiger partial charge < -0.3 is 20.3 Å². The second-order valence-electron chi connectivity index (χ2n) is 8.34. The van der Waals surface area contributed by atoms with Crippen LogP contribution in [-0.4, -0.2) is 28.4 Å². The van der Waals surface area contributed by atoms with E-state index in [-0.39, 0.29) is 5.75 Å². The van der Waals surface area contributed by atoms with Crippen molar-refractivity contribution >= 4 is 34.2 Å². The molecule has 3 aromatic carbocycles. The first-order valence-electron chi connectivity index (χ1n) is 10.1. The summed E-state index contributed by atoms with van der Waals surface area (Å²) in [7, 11) is 0. The number of quaternary nitrogens is 1. The van der Waals surface area contributed by atoms with Gasteiger partial charge in [-0.3, -0.25) is 9.59 Å². The van der Waals surface area contributed by atoms with Crippen LogP contribution in [0.2, 0.25) is 0 Å². The molecule has 0 aromatic heterocycles. The van der Waals surface area contributed by atoms with Crippen LogP contribution in [0.5, 0.6) is 5.75 Å². The molecule has 2 amide bonds. The van der Waals surface area contributed by atoms with E-state index in [4.69, 9.17) is 0 Å². The monoisotopic (exact) mass is 416 g/mol. The van der Waals surface area contributed by atoms with Crippen LogP contribution < -0.4 is 15.3 Å². The minimum absolute atomic E-state index is 0.0473. The van der Waals surface area contributed by atoms with Crippen LogP contribution in [0.1, 0.15) is 18.5 Å². The van der Waals surface area contributed by atoms with Crippen LogP contribution in [-0.2, 0) is 14.4 Å². The number of para-hydroxylation sites is 1. The maximum Gasteiger partial charge on any atom is 0.244 e. The first-order valence-corrected chi connectivity index (χ1v) is 10.1. The number of hydrogen-bond donors (Lipinski definition) is 2. The molecule has 3 aromatic rings. The molecule has 156 valence electrons. The Morgan fingerprint density at radius 1 is 1.00 bits per heavy atom. The predicted molar refractivity (Wildman–Crippen MR) is 110 cm³/mol. The number of carbonyl (C=O) groups excluding carboxylic acids is 3. The number of carboxylic acids is 1. The zero-order valence-electron chi connectivity index (χ0n) is 16.7. The van der Waals surface area contributed by atoms with Gasteiger partial charge in [-0.2, -0.15) is 0 Å². The van der Waals surface area contributed by atoms with Crippen molar-refractivity contribution in [2.45, 2.75) is 18.5 Å². The fourth-order valence-electron chi connectivity index (χ4n) is 5.15. The Hall–Kier alpha value is -3.71. The molecule has 0 aliphatic carbocycles. The number of rotatable bonds is 3. The van der Waals surface area contributed by atoms with Crippen molar-refractivity contribution in [3.05, 3.63) is 72.3 Å². The number of amides is 2. The lowest BCUT2D eigenvalue weighted by Crippen LogP contribution is -2.98. The third-order valence-electron chi connectivity index (χ3n) is 6.65. The predicted octanol–water partition coefficient (Wildman–Crippen LogP) is 0.478. The second-order valence-corrected chi connectivity index (χ2v) is 8.34. The number of carboxylic acid groups (broad SMARTS) is 1. The number of anilines is 1. The maximum absolute atomic E-state index is 13.6. The number of benzene rings is 3. The SMILES string of the molecule is C[C@@]1(C(=O)[O-])[NH2+][C@@H](c2ccccc2O)[C@H]2C(=O)N(c3cccc4ccccc34)C(=O)[C@H]21. The standard InChI is InChI=1S/C24H20N2O5/c1-24(23(30)31)19-18(20(25-24)15-10-4-5-12-17(15)27)21(28)26(22(19)29)16-11-6-8-13-7-2-3-9-14(13)16/h2-12,18-20,25,27H,1H3,(H,30,31)/t18-,19-,20-,24+/m0/s1. The van der Waals surface area contributed by atoms with E-state index in [2.05, 4.69) is 0 Å². The van der Waals surface area contributed by atoms with Crippen molar-refractivity contribution in [3.63, 3.8) is 0 Å². The summed E-state index contributed by atoms with van der Waals surface area (Å²) in [5, 5.41) is 25.6. The Morgan fingerprint density at radius 2 is 1.68 bits per heavy atom. The van der Waals surface area contributed by atoms with E-state index >= 15 is 0 Å². The molecule has 4 atom stereocenters. The van der Waals surface area contributed by atoms with Gasteiger partial charge in [-0.1, -0.05) is 48.5 Å². The number of aliphatic carboxylic acids is 1. The second kappa shape index (κ2) is 6.65. The minimum atomic E-state index is -1.65. The highest BCUT2D eigenvalue weighted by atomic mass is 16.4. The van der Waals surface area contributed by atoms with Gasteiger partial charge in [0.25, 0.3) is 0 Å². The van der Waals surface area contributed by atoms with E-state index < -0.39 is 41.2 Å². The van der Waals surface area contributed by atoms with Crippen molar-refractivity contribution < 1.29 is 29.9 Å². The molecule has 3 N–H and O–H groups in total. The van der Waals surface area contributed by atoms with E-state index in [0.717, 1.165) is 15.7 Å². The van der Waals surface area contributed by atoms with Gasteiger partial charge in [0.15, 0.2) is 0 Å². The molecule has 0 radical (unpaired) electrons. The number of hydrogen-bond acceptors (Lipinski definition) is 5. The van der Waals surface area contributed by atoms with Crippen molar-refractivity contribution in [3.8, 4) is 5.75 Å². The minimum Gasteiger partial charge on any atom is -0.544 e. The molecule has 2 heterocycles. The van der Waals surface area contributed by atoms with Crippen LogP contribution in [0.15, 0.2) is 66.7 Å². The van der Waals surface area contributed by atoms with Crippen LogP contribution in [0.25, 0.3) is 10.8 Å². The largest absolute Gasteiger partial charge is 0.544 e. The highest BCUT2D eigenvalue weighted by Crippen LogP contribution is 2.47. The smallest absolute Gasteiger partial charge is 0.244 e. The number of aromatic hydroxyl groups is 1. The summed E-state index contributed by atoms with van der Waals surface area (Å²) in [5.41, 5.74) is -0.799. The number of carbonyl (C=O) groups is 3. The summed E-state index contributed by atoms with van der Waals surface area (Å²) < 4.78 is 0. The van der Waals surface area contributed by atoms with Gasteiger partial charge in [-0.25, -0.2) is 4.90 Å². The van der Waals surface area contributed by atoms with Crippen LogP contribution in [0, 0.1) is 11.8 Å². The molecule has 7 heteroatoms. The fraction of sp³-hybridized carbons (Fsp3) is 0.208. The molecule has 7 nitrogen and oxygen atoms in total. The molecule has 0 bridgehead atoms. The van der Waals surface area contributed by atoms with Crippen LogP contribution in [0.4, 0.5) is 5.69 Å². The lowest BCUT2D eigenvalue weighted by atomic mass is 9.80. The van der Waals surface area contributed by atoms with Gasteiger partial charge in [-0.15, -0.1) is 0 Å². The molecule has 2 fully saturated rings. The molecule has 0 unspecified atom stereocenters. The number of nitrogens with zero attached hydrogens (tertiary/aromatic N) is 1. The van der Waals surface area contributed by atoms with Gasteiger partial charge >= 0.3 is 0 Å². The van der Waals surface area contributed by atoms with Crippen LogP contribution in [0.3, 0.4) is 0 Å². The average molecular weight is 416 g/mol. The highest BCUT2D eigenvalue weighted by molar-refractivity contribution is 6.26. The molecule has 2 aliphatic heterocycles. The Morgan fingerprint density at radius 3 is 2.42 bits per heavy atom. The quantitative estimate of drug-likeness (QED) is 0.603. The van der Waals surface area contributed by atoms with Crippen molar-refractivity contribution in [1.29, 1.82) is 0 Å². The maximum atomic E-state index is 13.6. The lowest BCUT2D eigenvalue weighted by molar-refractivity contribution is -0.735. The number of imide groups is 1. The Bertz CT molecular complexity index is 1250. The topological polar surface area (TPSA) is 114 Å². The van der Waals surface area contributed by atoms with E-state index in [1.807, 2.05) is 30.3 Å². The normalized spacial score (nSPS) is 27.6.